The van der Waals surface area contributed by atoms with Crippen molar-refractivity contribution in [2.45, 2.75) is 32.1 Å². The van der Waals surface area contributed by atoms with Gasteiger partial charge < -0.3 is 9.84 Å². The number of ether oxygens (including phenoxy) is 1. The molecule has 1 aliphatic rings. The predicted molar refractivity (Wildman–Crippen MR) is 70.2 cm³/mol. The van der Waals surface area contributed by atoms with Crippen LogP contribution < -0.4 is 0 Å². The zero-order chi connectivity index (χ0) is 15.2. The van der Waals surface area contributed by atoms with Gasteiger partial charge in [0.05, 0.1) is 5.75 Å². The molecule has 1 rings (SSSR count). The van der Waals surface area contributed by atoms with Crippen molar-refractivity contribution >= 4 is 21.8 Å². The largest absolute Gasteiger partial charge is 0.478 e. The molecule has 1 saturated heterocycles. The molecule has 1 atom stereocenters. The molecule has 1 unspecified atom stereocenters. The van der Waals surface area contributed by atoms with Gasteiger partial charge in [0.2, 0.25) is 5.44 Å². The van der Waals surface area contributed by atoms with Crippen molar-refractivity contribution in [3.63, 3.8) is 0 Å². The molecule has 1 aliphatic heterocycles. The number of carboxylic acids is 1. The third-order valence-electron chi connectivity index (χ3n) is 2.22. The first-order chi connectivity index (χ1) is 8.58. The van der Waals surface area contributed by atoms with E-state index in [4.69, 9.17) is 9.84 Å². The average Bonchev–Trinajstić information content (AvgIpc) is 2.58. The third kappa shape index (κ3) is 6.19. The van der Waals surface area contributed by atoms with Gasteiger partial charge in [-0.25, -0.2) is 18.0 Å². The molecule has 0 aromatic carbocycles. The minimum atomic E-state index is -3.20. The van der Waals surface area contributed by atoms with Gasteiger partial charge in [-0.1, -0.05) is 13.2 Å². The summed E-state index contributed by atoms with van der Waals surface area (Å²) in [5.41, 5.74) is -0.547. The zero-order valence-corrected chi connectivity index (χ0v) is 11.8. The number of hydrogen-bond donors (Lipinski definition) is 1. The number of carbonyl (C=O) groups excluding carboxylic acids is 1. The maximum Gasteiger partial charge on any atom is 0.334 e. The molecule has 0 aromatic heterocycles. The highest BCUT2D eigenvalue weighted by molar-refractivity contribution is 7.92. The quantitative estimate of drug-likeness (QED) is 0.621. The second-order valence-electron chi connectivity index (χ2n) is 4.21. The summed E-state index contributed by atoms with van der Waals surface area (Å²) in [6.07, 6.45) is 0.970. The standard InChI is InChI=1S/C8H12O4S.C4H6O2/c1-6(2)8(9)12-7-4-3-5-13(7,10)11;1-3(2)4(5)6/h7H,1,3-5H2,2H3;1H2,2H3,(H,5,6). The topological polar surface area (TPSA) is 97.7 Å². The van der Waals surface area contributed by atoms with E-state index in [1.165, 1.54) is 13.8 Å². The van der Waals surface area contributed by atoms with E-state index in [1.807, 2.05) is 0 Å². The van der Waals surface area contributed by atoms with Crippen molar-refractivity contribution in [2.75, 3.05) is 5.75 Å². The fraction of sp³-hybridized carbons (Fsp3) is 0.500. The van der Waals surface area contributed by atoms with Gasteiger partial charge in [-0.2, -0.15) is 0 Å². The Hall–Kier alpha value is -1.63. The number of carboxylic acid groups (broad SMARTS) is 1. The van der Waals surface area contributed by atoms with Crippen molar-refractivity contribution in [3.05, 3.63) is 24.3 Å². The van der Waals surface area contributed by atoms with Crippen LogP contribution in [-0.4, -0.2) is 36.7 Å². The summed E-state index contributed by atoms with van der Waals surface area (Å²) in [5, 5.41) is 7.89. The Balaban J connectivity index is 0.000000459. The molecule has 1 fully saturated rings. The van der Waals surface area contributed by atoms with Crippen molar-refractivity contribution in [1.82, 2.24) is 0 Å². The molecule has 6 nitrogen and oxygen atoms in total. The molecule has 0 bridgehead atoms. The number of esters is 1. The van der Waals surface area contributed by atoms with Gasteiger partial charge in [-0.15, -0.1) is 0 Å². The zero-order valence-electron chi connectivity index (χ0n) is 11.0. The summed E-state index contributed by atoms with van der Waals surface area (Å²) >= 11 is 0. The molecule has 0 saturated carbocycles. The summed E-state index contributed by atoms with van der Waals surface area (Å²) in [5.74, 6) is -1.45. The number of hydrogen-bond acceptors (Lipinski definition) is 5. The molecule has 1 N–H and O–H groups in total. The Labute approximate surface area is 112 Å². The van der Waals surface area contributed by atoms with E-state index in [1.54, 1.807) is 0 Å². The Kier molecular flexibility index (Phi) is 6.47. The van der Waals surface area contributed by atoms with Crippen LogP contribution in [0.4, 0.5) is 0 Å². The number of sulfone groups is 1. The van der Waals surface area contributed by atoms with E-state index in [9.17, 15) is 18.0 Å². The van der Waals surface area contributed by atoms with Crippen molar-refractivity contribution in [3.8, 4) is 0 Å². The summed E-state index contributed by atoms with van der Waals surface area (Å²) in [4.78, 5) is 20.6. The lowest BCUT2D eigenvalue weighted by Gasteiger charge is -2.10. The van der Waals surface area contributed by atoms with Crippen LogP contribution >= 0.6 is 0 Å². The molecule has 0 amide bonds. The molecule has 19 heavy (non-hydrogen) atoms. The van der Waals surface area contributed by atoms with Gasteiger partial charge in [0, 0.05) is 11.1 Å². The minimum absolute atomic E-state index is 0.112. The fourth-order valence-corrected chi connectivity index (χ4v) is 2.71. The molecule has 1 heterocycles. The number of rotatable bonds is 3. The van der Waals surface area contributed by atoms with Crippen LogP contribution in [0.2, 0.25) is 0 Å². The molecular weight excluding hydrogens is 272 g/mol. The summed E-state index contributed by atoms with van der Waals surface area (Å²) in [7, 11) is -3.20. The van der Waals surface area contributed by atoms with Gasteiger partial charge in [0.25, 0.3) is 0 Å². The van der Waals surface area contributed by atoms with Gasteiger partial charge in [0.15, 0.2) is 9.84 Å². The average molecular weight is 290 g/mol. The SMILES string of the molecule is C=C(C)C(=O)O.C=C(C)C(=O)OC1CCCS1(=O)=O. The maximum absolute atomic E-state index is 11.2. The van der Waals surface area contributed by atoms with Crippen LogP contribution in [0.25, 0.3) is 0 Å². The highest BCUT2D eigenvalue weighted by atomic mass is 32.2. The normalized spacial score (nSPS) is 19.8. The fourth-order valence-electron chi connectivity index (χ4n) is 1.11. The van der Waals surface area contributed by atoms with Crippen LogP contribution in [-0.2, 0) is 24.2 Å². The van der Waals surface area contributed by atoms with E-state index in [0.717, 1.165) is 0 Å². The van der Waals surface area contributed by atoms with Crippen LogP contribution in [0.15, 0.2) is 24.3 Å². The highest BCUT2D eigenvalue weighted by Crippen LogP contribution is 2.21. The molecule has 0 spiro atoms. The number of carbonyl (C=O) groups is 2. The molecule has 108 valence electrons. The maximum atomic E-state index is 11.2. The molecule has 0 radical (unpaired) electrons. The Morgan fingerprint density at radius 2 is 1.68 bits per heavy atom. The molecule has 0 aliphatic carbocycles. The highest BCUT2D eigenvalue weighted by Gasteiger charge is 2.34. The molecular formula is C12H18O6S. The van der Waals surface area contributed by atoms with Crippen LogP contribution in [0, 0.1) is 0 Å². The van der Waals surface area contributed by atoms with Crippen LogP contribution in [0.3, 0.4) is 0 Å². The first kappa shape index (κ1) is 17.4. The number of aliphatic carboxylic acids is 1. The Morgan fingerprint density at radius 3 is 1.95 bits per heavy atom. The summed E-state index contributed by atoms with van der Waals surface area (Å²) in [6, 6.07) is 0. The van der Waals surface area contributed by atoms with E-state index in [0.29, 0.717) is 12.8 Å². The van der Waals surface area contributed by atoms with Crippen molar-refractivity contribution in [2.24, 2.45) is 0 Å². The van der Waals surface area contributed by atoms with E-state index >= 15 is 0 Å². The first-order valence-electron chi connectivity index (χ1n) is 5.54. The van der Waals surface area contributed by atoms with Gasteiger partial charge in [-0.05, 0) is 26.7 Å². The van der Waals surface area contributed by atoms with Crippen molar-refractivity contribution in [1.29, 1.82) is 0 Å². The van der Waals surface area contributed by atoms with Gasteiger partial charge in [-0.3, -0.25) is 0 Å². The summed E-state index contributed by atoms with van der Waals surface area (Å²) < 4.78 is 27.2. The second-order valence-corrected chi connectivity index (χ2v) is 6.47. The van der Waals surface area contributed by atoms with Crippen LogP contribution in [0.1, 0.15) is 26.7 Å². The lowest BCUT2D eigenvalue weighted by atomic mass is 10.3. The van der Waals surface area contributed by atoms with Gasteiger partial charge in [0.1, 0.15) is 0 Å². The summed E-state index contributed by atoms with van der Waals surface area (Å²) in [6.45, 7) is 9.47. The first-order valence-corrected chi connectivity index (χ1v) is 7.26. The predicted octanol–water partition coefficient (Wildman–Crippen LogP) is 1.29. The van der Waals surface area contributed by atoms with Gasteiger partial charge >= 0.3 is 11.9 Å². The second kappa shape index (κ2) is 7.08. The smallest absolute Gasteiger partial charge is 0.334 e. The van der Waals surface area contributed by atoms with E-state index in [-0.39, 0.29) is 16.9 Å². The Bertz CT molecular complexity index is 476. The Morgan fingerprint density at radius 1 is 1.21 bits per heavy atom. The lowest BCUT2D eigenvalue weighted by molar-refractivity contribution is -0.140. The minimum Gasteiger partial charge on any atom is -0.478 e. The molecule has 0 aromatic rings. The van der Waals surface area contributed by atoms with E-state index in [2.05, 4.69) is 13.2 Å². The van der Waals surface area contributed by atoms with Crippen molar-refractivity contribution < 1.29 is 27.9 Å². The monoisotopic (exact) mass is 290 g/mol. The third-order valence-corrected chi connectivity index (χ3v) is 4.21. The van der Waals surface area contributed by atoms with Crippen LogP contribution in [0.5, 0.6) is 0 Å². The molecule has 7 heteroatoms. The lowest BCUT2D eigenvalue weighted by Crippen LogP contribution is -2.23. The van der Waals surface area contributed by atoms with E-state index < -0.39 is 27.2 Å².